The van der Waals surface area contributed by atoms with Gasteiger partial charge in [0, 0.05) is 6.26 Å². The summed E-state index contributed by atoms with van der Waals surface area (Å²) in [4.78, 5) is 0. The van der Waals surface area contributed by atoms with Gasteiger partial charge in [-0.1, -0.05) is 0 Å². The third-order valence-corrected chi connectivity index (χ3v) is 4.39. The van der Waals surface area contributed by atoms with Crippen molar-refractivity contribution in [1.82, 2.24) is 4.72 Å². The van der Waals surface area contributed by atoms with E-state index in [1.54, 1.807) is 0 Å². The molecule has 0 aromatic rings. The first-order valence-corrected chi connectivity index (χ1v) is 6.81. The predicted molar refractivity (Wildman–Crippen MR) is 48.5 cm³/mol. The molecule has 78 valence electrons. The minimum Gasteiger partial charge on any atom is -0.387 e. The van der Waals surface area contributed by atoms with Crippen molar-refractivity contribution in [3.63, 3.8) is 0 Å². The van der Waals surface area contributed by atoms with Gasteiger partial charge in [-0.2, -0.15) is 0 Å². The number of hydrogen-bond donors (Lipinski definition) is 3. The number of rotatable bonds is 5. The van der Waals surface area contributed by atoms with Gasteiger partial charge in [0.2, 0.25) is 10.0 Å². The van der Waals surface area contributed by atoms with Crippen LogP contribution in [0.15, 0.2) is 0 Å². The number of amidine groups is 1. The quantitative estimate of drug-likeness (QED) is 0.365. The summed E-state index contributed by atoms with van der Waals surface area (Å²) < 4.78 is 44.8. The highest BCUT2D eigenvalue weighted by atomic mass is 32.3. The number of sulfonamides is 1. The van der Waals surface area contributed by atoms with E-state index in [9.17, 15) is 16.8 Å². The average molecular weight is 229 g/mol. The lowest BCUT2D eigenvalue weighted by Gasteiger charge is -2.03. The molecule has 7 nitrogen and oxygen atoms in total. The topological polar surface area (TPSA) is 130 Å². The van der Waals surface area contributed by atoms with Crippen molar-refractivity contribution in [2.24, 2.45) is 5.73 Å². The Morgan fingerprint density at radius 2 is 1.85 bits per heavy atom. The van der Waals surface area contributed by atoms with Gasteiger partial charge in [-0.25, -0.2) is 21.6 Å². The van der Waals surface area contributed by atoms with Crippen LogP contribution in [0, 0.1) is 5.41 Å². The van der Waals surface area contributed by atoms with Gasteiger partial charge in [0.1, 0.15) is 5.84 Å². The van der Waals surface area contributed by atoms with Crippen molar-refractivity contribution in [3.8, 4) is 0 Å². The van der Waals surface area contributed by atoms with Gasteiger partial charge in [-0.05, 0) is 0 Å². The molecule has 0 saturated carbocycles. The van der Waals surface area contributed by atoms with Crippen LogP contribution >= 0.6 is 0 Å². The molecule has 0 aliphatic rings. The van der Waals surface area contributed by atoms with Crippen LogP contribution in [0.4, 0.5) is 0 Å². The van der Waals surface area contributed by atoms with Crippen molar-refractivity contribution < 1.29 is 16.8 Å². The first-order valence-electron chi connectivity index (χ1n) is 3.10. The molecule has 0 unspecified atom stereocenters. The van der Waals surface area contributed by atoms with Gasteiger partial charge in [-0.15, -0.1) is 0 Å². The summed E-state index contributed by atoms with van der Waals surface area (Å²) in [7, 11) is -7.48. The molecule has 0 aliphatic carbocycles. The Labute approximate surface area is 76.8 Å². The first kappa shape index (κ1) is 12.3. The van der Waals surface area contributed by atoms with Crippen LogP contribution in [-0.2, 0) is 19.9 Å². The summed E-state index contributed by atoms with van der Waals surface area (Å²) in [6.45, 7) is -0.377. The van der Waals surface area contributed by atoms with E-state index in [-0.39, 0.29) is 12.4 Å². The summed E-state index contributed by atoms with van der Waals surface area (Å²) in [5, 5.41) is 5.71. The van der Waals surface area contributed by atoms with E-state index >= 15 is 0 Å². The minimum atomic E-state index is -3.89. The number of nitrogens with two attached hydrogens (primary N) is 1. The van der Waals surface area contributed by atoms with Crippen molar-refractivity contribution >= 4 is 25.7 Å². The predicted octanol–water partition coefficient (Wildman–Crippen LogP) is -2.16. The Morgan fingerprint density at radius 1 is 1.38 bits per heavy atom. The fourth-order valence-electron chi connectivity index (χ4n) is 0.511. The summed E-state index contributed by atoms with van der Waals surface area (Å²) in [6.07, 6.45) is 0.806. The maximum Gasteiger partial charge on any atom is 0.226 e. The lowest BCUT2D eigenvalue weighted by atomic mass is 10.6. The van der Waals surface area contributed by atoms with E-state index in [0.717, 1.165) is 6.26 Å². The highest BCUT2D eigenvalue weighted by Gasteiger charge is 2.17. The van der Waals surface area contributed by atoms with E-state index < -0.39 is 24.9 Å². The zero-order chi connectivity index (χ0) is 10.7. The van der Waals surface area contributed by atoms with Gasteiger partial charge >= 0.3 is 0 Å². The van der Waals surface area contributed by atoms with Crippen LogP contribution in [0.3, 0.4) is 0 Å². The van der Waals surface area contributed by atoms with Crippen molar-refractivity contribution in [2.45, 2.75) is 0 Å². The molecule has 4 N–H and O–H groups in total. The van der Waals surface area contributed by atoms with E-state index in [1.807, 2.05) is 4.72 Å². The molecule has 0 rings (SSSR count). The van der Waals surface area contributed by atoms with Crippen LogP contribution in [0.2, 0.25) is 0 Å². The highest BCUT2D eigenvalue weighted by molar-refractivity contribution is 8.06. The lowest BCUT2D eigenvalue weighted by Crippen LogP contribution is -2.36. The molecule has 13 heavy (non-hydrogen) atoms. The SMILES string of the molecule is CS(=O)(=O)CS(=O)(=O)NCC(=N)N. The lowest BCUT2D eigenvalue weighted by molar-refractivity contribution is 0.584. The molecule has 9 heteroatoms. The number of nitrogens with one attached hydrogen (secondary N) is 2. The second-order valence-electron chi connectivity index (χ2n) is 2.50. The van der Waals surface area contributed by atoms with Crippen molar-refractivity contribution in [3.05, 3.63) is 0 Å². The summed E-state index contributed by atoms with van der Waals surface area (Å²) in [6, 6.07) is 0. The zero-order valence-electron chi connectivity index (χ0n) is 6.94. The Balaban J connectivity index is 4.36. The Kier molecular flexibility index (Phi) is 3.82. The van der Waals surface area contributed by atoms with Gasteiger partial charge in [-0.3, -0.25) is 5.41 Å². The van der Waals surface area contributed by atoms with Crippen LogP contribution < -0.4 is 10.5 Å². The van der Waals surface area contributed by atoms with Crippen molar-refractivity contribution in [1.29, 1.82) is 5.41 Å². The minimum absolute atomic E-state index is 0.377. The molecule has 0 amide bonds. The molecule has 0 aromatic carbocycles. The van der Waals surface area contributed by atoms with E-state index in [4.69, 9.17) is 11.1 Å². The highest BCUT2D eigenvalue weighted by Crippen LogP contribution is 1.90. The van der Waals surface area contributed by atoms with Gasteiger partial charge in [0.05, 0.1) is 6.54 Å². The maximum absolute atomic E-state index is 10.9. The molecule has 0 spiro atoms. The molecule has 0 atom stereocenters. The molecule has 0 saturated heterocycles. The molecule has 0 aromatic heterocycles. The Morgan fingerprint density at radius 3 is 2.15 bits per heavy atom. The fraction of sp³-hybridized carbons (Fsp3) is 0.750. The molecule has 0 fully saturated rings. The second kappa shape index (κ2) is 4.03. The molecule has 0 radical (unpaired) electrons. The van der Waals surface area contributed by atoms with Crippen LogP contribution in [0.1, 0.15) is 0 Å². The maximum atomic E-state index is 10.9. The molecule has 0 heterocycles. The largest absolute Gasteiger partial charge is 0.387 e. The van der Waals surface area contributed by atoms with Gasteiger partial charge in [0.25, 0.3) is 0 Å². The Bertz CT molecular complexity index is 382. The van der Waals surface area contributed by atoms with Crippen LogP contribution in [-0.4, -0.2) is 40.6 Å². The summed E-state index contributed by atoms with van der Waals surface area (Å²) in [5.74, 6) is -0.378. The third-order valence-electron chi connectivity index (χ3n) is 0.852. The van der Waals surface area contributed by atoms with Gasteiger partial charge < -0.3 is 5.73 Å². The van der Waals surface area contributed by atoms with Crippen LogP contribution in [0.5, 0.6) is 0 Å². The first-order chi connectivity index (χ1) is 5.62. The average Bonchev–Trinajstić information content (AvgIpc) is 1.78. The fourth-order valence-corrected chi connectivity index (χ4v) is 3.47. The second-order valence-corrected chi connectivity index (χ2v) is 6.82. The van der Waals surface area contributed by atoms with Crippen molar-refractivity contribution in [2.75, 3.05) is 17.9 Å². The molecule has 0 bridgehead atoms. The zero-order valence-corrected chi connectivity index (χ0v) is 8.57. The third kappa shape index (κ3) is 7.68. The monoisotopic (exact) mass is 229 g/mol. The summed E-state index contributed by atoms with van der Waals surface area (Å²) in [5.41, 5.74) is 4.87. The summed E-state index contributed by atoms with van der Waals surface area (Å²) >= 11 is 0. The van der Waals surface area contributed by atoms with Gasteiger partial charge in [0.15, 0.2) is 14.9 Å². The molecule has 0 aliphatic heterocycles. The van der Waals surface area contributed by atoms with E-state index in [2.05, 4.69) is 0 Å². The molecular formula is C4H11N3O4S2. The normalized spacial score (nSPS) is 12.7. The van der Waals surface area contributed by atoms with E-state index in [0.29, 0.717) is 0 Å². The number of sulfone groups is 1. The van der Waals surface area contributed by atoms with E-state index in [1.165, 1.54) is 0 Å². The molecular weight excluding hydrogens is 218 g/mol. The smallest absolute Gasteiger partial charge is 0.226 e. The number of hydrogen-bond acceptors (Lipinski definition) is 5. The van der Waals surface area contributed by atoms with Crippen LogP contribution in [0.25, 0.3) is 0 Å². The Hall–Kier alpha value is -0.670. The standard InChI is InChI=1S/C4H11N3O4S2/c1-12(8,9)3-13(10,11)7-2-4(5)6/h7H,2-3H2,1H3,(H3,5,6).